The van der Waals surface area contributed by atoms with Gasteiger partial charge < -0.3 is 0 Å². The first kappa shape index (κ1) is 11.7. The SMILES string of the molecule is C=Cc1ccc(C(C)(C)c2ccccc2)cc1. The zero-order valence-electron chi connectivity index (χ0n) is 10.5. The van der Waals surface area contributed by atoms with Crippen LogP contribution in [0, 0.1) is 0 Å². The second-order valence-corrected chi connectivity index (χ2v) is 4.82. The Morgan fingerprint density at radius 1 is 0.824 bits per heavy atom. The molecule has 0 heteroatoms. The average molecular weight is 222 g/mol. The smallest absolute Gasteiger partial charge is 0.0146 e. The van der Waals surface area contributed by atoms with Gasteiger partial charge in [0.1, 0.15) is 0 Å². The monoisotopic (exact) mass is 222 g/mol. The highest BCUT2D eigenvalue weighted by atomic mass is 14.3. The van der Waals surface area contributed by atoms with Crippen molar-refractivity contribution in [3.05, 3.63) is 77.9 Å². The molecule has 0 spiro atoms. The molecule has 0 atom stereocenters. The Bertz CT molecular complexity index is 489. The molecule has 0 bridgehead atoms. The number of hydrogen-bond acceptors (Lipinski definition) is 0. The van der Waals surface area contributed by atoms with Gasteiger partial charge in [-0.1, -0.05) is 81.1 Å². The van der Waals surface area contributed by atoms with E-state index in [1.165, 1.54) is 11.1 Å². The van der Waals surface area contributed by atoms with Gasteiger partial charge in [-0.3, -0.25) is 0 Å². The Hall–Kier alpha value is -1.82. The third kappa shape index (κ3) is 2.31. The van der Waals surface area contributed by atoms with Crippen molar-refractivity contribution >= 4 is 6.08 Å². The van der Waals surface area contributed by atoms with Gasteiger partial charge in [-0.25, -0.2) is 0 Å². The first-order valence-corrected chi connectivity index (χ1v) is 5.93. The van der Waals surface area contributed by atoms with Gasteiger partial charge in [0, 0.05) is 5.41 Å². The zero-order valence-corrected chi connectivity index (χ0v) is 10.5. The van der Waals surface area contributed by atoms with Crippen LogP contribution in [0.1, 0.15) is 30.5 Å². The third-order valence-corrected chi connectivity index (χ3v) is 3.36. The molecule has 0 nitrogen and oxygen atoms in total. The summed E-state index contributed by atoms with van der Waals surface area (Å²) in [7, 11) is 0. The quantitative estimate of drug-likeness (QED) is 0.708. The van der Waals surface area contributed by atoms with Crippen LogP contribution in [0.15, 0.2) is 61.2 Å². The van der Waals surface area contributed by atoms with Crippen LogP contribution in [-0.4, -0.2) is 0 Å². The maximum atomic E-state index is 3.78. The van der Waals surface area contributed by atoms with Crippen LogP contribution < -0.4 is 0 Å². The van der Waals surface area contributed by atoms with E-state index >= 15 is 0 Å². The van der Waals surface area contributed by atoms with Gasteiger partial charge in [0.25, 0.3) is 0 Å². The average Bonchev–Trinajstić information content (AvgIpc) is 2.40. The lowest BCUT2D eigenvalue weighted by Gasteiger charge is -2.26. The summed E-state index contributed by atoms with van der Waals surface area (Å²) in [4.78, 5) is 0. The van der Waals surface area contributed by atoms with Gasteiger partial charge >= 0.3 is 0 Å². The number of rotatable bonds is 3. The van der Waals surface area contributed by atoms with Gasteiger partial charge in [-0.05, 0) is 16.7 Å². The number of benzene rings is 2. The maximum absolute atomic E-state index is 3.78. The summed E-state index contributed by atoms with van der Waals surface area (Å²) < 4.78 is 0. The van der Waals surface area contributed by atoms with E-state index in [0.717, 1.165) is 5.56 Å². The van der Waals surface area contributed by atoms with Gasteiger partial charge in [0.15, 0.2) is 0 Å². The molecule has 0 unspecified atom stereocenters. The first-order valence-electron chi connectivity index (χ1n) is 5.93. The summed E-state index contributed by atoms with van der Waals surface area (Å²) >= 11 is 0. The summed E-state index contributed by atoms with van der Waals surface area (Å²) in [5.74, 6) is 0. The lowest BCUT2D eigenvalue weighted by atomic mass is 9.78. The summed E-state index contributed by atoms with van der Waals surface area (Å²) in [5, 5.41) is 0. The molecule has 86 valence electrons. The third-order valence-electron chi connectivity index (χ3n) is 3.36. The molecule has 0 amide bonds. The lowest BCUT2D eigenvalue weighted by Crippen LogP contribution is -2.18. The Kier molecular flexibility index (Phi) is 3.14. The fraction of sp³-hybridized carbons (Fsp3) is 0.176. The van der Waals surface area contributed by atoms with Gasteiger partial charge in [-0.2, -0.15) is 0 Å². The Morgan fingerprint density at radius 2 is 1.35 bits per heavy atom. The van der Waals surface area contributed by atoms with E-state index in [4.69, 9.17) is 0 Å². The summed E-state index contributed by atoms with van der Waals surface area (Å²) in [6.45, 7) is 8.29. The largest absolute Gasteiger partial charge is 0.0985 e. The van der Waals surface area contributed by atoms with E-state index < -0.39 is 0 Å². The number of hydrogen-bond donors (Lipinski definition) is 0. The van der Waals surface area contributed by atoms with E-state index in [1.807, 2.05) is 6.08 Å². The van der Waals surface area contributed by atoms with Crippen molar-refractivity contribution in [2.45, 2.75) is 19.3 Å². The molecule has 0 saturated heterocycles. The molecule has 0 aliphatic heterocycles. The summed E-state index contributed by atoms with van der Waals surface area (Å²) in [6, 6.07) is 19.2. The van der Waals surface area contributed by atoms with Crippen molar-refractivity contribution in [2.24, 2.45) is 0 Å². The highest BCUT2D eigenvalue weighted by Gasteiger charge is 2.22. The fourth-order valence-corrected chi connectivity index (χ4v) is 2.06. The second-order valence-electron chi connectivity index (χ2n) is 4.82. The van der Waals surface area contributed by atoms with E-state index in [0.29, 0.717) is 0 Å². The minimum atomic E-state index is 0.0426. The Morgan fingerprint density at radius 3 is 1.88 bits per heavy atom. The molecule has 17 heavy (non-hydrogen) atoms. The molecule has 0 fully saturated rings. The molecule has 2 rings (SSSR count). The molecule has 0 heterocycles. The Labute approximate surface area is 104 Å². The van der Waals surface area contributed by atoms with Crippen molar-refractivity contribution < 1.29 is 0 Å². The summed E-state index contributed by atoms with van der Waals surface area (Å²) in [5.41, 5.74) is 3.87. The first-order chi connectivity index (χ1) is 8.14. The van der Waals surface area contributed by atoms with Crippen LogP contribution in [-0.2, 0) is 5.41 Å². The van der Waals surface area contributed by atoms with Crippen LogP contribution in [0.2, 0.25) is 0 Å². The van der Waals surface area contributed by atoms with Gasteiger partial charge in [0.05, 0.1) is 0 Å². The maximum Gasteiger partial charge on any atom is 0.0146 e. The van der Waals surface area contributed by atoms with E-state index in [1.54, 1.807) is 0 Å². The van der Waals surface area contributed by atoms with Gasteiger partial charge in [0.2, 0.25) is 0 Å². The molecule has 0 aliphatic carbocycles. The predicted molar refractivity (Wildman–Crippen MR) is 75.1 cm³/mol. The topological polar surface area (TPSA) is 0 Å². The van der Waals surface area contributed by atoms with Crippen molar-refractivity contribution in [1.82, 2.24) is 0 Å². The van der Waals surface area contributed by atoms with Crippen LogP contribution in [0.5, 0.6) is 0 Å². The highest BCUT2D eigenvalue weighted by molar-refractivity contribution is 5.49. The molecule has 2 aromatic carbocycles. The van der Waals surface area contributed by atoms with Crippen LogP contribution in [0.25, 0.3) is 6.08 Å². The van der Waals surface area contributed by atoms with Crippen LogP contribution in [0.4, 0.5) is 0 Å². The van der Waals surface area contributed by atoms with E-state index in [9.17, 15) is 0 Å². The van der Waals surface area contributed by atoms with E-state index in [-0.39, 0.29) is 5.41 Å². The molecule has 0 aliphatic rings. The normalized spacial score (nSPS) is 11.2. The molecule has 0 N–H and O–H groups in total. The molecule has 0 radical (unpaired) electrons. The molecule has 2 aromatic rings. The molecular formula is C17H18. The molecule has 0 aromatic heterocycles. The Balaban J connectivity index is 2.40. The van der Waals surface area contributed by atoms with Crippen molar-refractivity contribution in [3.8, 4) is 0 Å². The molecular weight excluding hydrogens is 204 g/mol. The zero-order chi connectivity index (χ0) is 12.3. The van der Waals surface area contributed by atoms with Crippen molar-refractivity contribution in [3.63, 3.8) is 0 Å². The standard InChI is InChI=1S/C17H18/c1-4-14-10-12-16(13-11-14)17(2,3)15-8-6-5-7-9-15/h4-13H,1H2,2-3H3. The minimum absolute atomic E-state index is 0.0426. The molecule has 0 saturated carbocycles. The fourth-order valence-electron chi connectivity index (χ4n) is 2.06. The van der Waals surface area contributed by atoms with E-state index in [2.05, 4.69) is 75.0 Å². The highest BCUT2D eigenvalue weighted by Crippen LogP contribution is 2.31. The lowest BCUT2D eigenvalue weighted by molar-refractivity contribution is 0.641. The second kappa shape index (κ2) is 4.58. The summed E-state index contributed by atoms with van der Waals surface area (Å²) in [6.07, 6.45) is 1.87. The van der Waals surface area contributed by atoms with Crippen molar-refractivity contribution in [1.29, 1.82) is 0 Å². The van der Waals surface area contributed by atoms with Crippen molar-refractivity contribution in [2.75, 3.05) is 0 Å². The predicted octanol–water partition coefficient (Wildman–Crippen LogP) is 4.66. The van der Waals surface area contributed by atoms with Crippen LogP contribution in [0.3, 0.4) is 0 Å². The minimum Gasteiger partial charge on any atom is -0.0985 e. The van der Waals surface area contributed by atoms with Crippen LogP contribution >= 0.6 is 0 Å². The van der Waals surface area contributed by atoms with Gasteiger partial charge in [-0.15, -0.1) is 0 Å².